The number of ether oxygens (including phenoxy) is 5. The van der Waals surface area contributed by atoms with Gasteiger partial charge < -0.3 is 45.2 Å². The smallest absolute Gasteiger partial charge is 0.203 e. The molecule has 0 spiro atoms. The summed E-state index contributed by atoms with van der Waals surface area (Å²) in [5, 5.41) is 22.3. The van der Waals surface area contributed by atoms with Gasteiger partial charge in [0, 0.05) is 48.7 Å². The molecule has 0 amide bonds. The Balaban J connectivity index is 1.16. The van der Waals surface area contributed by atoms with E-state index in [9.17, 15) is 5.11 Å². The number of aromatic nitrogens is 4. The molecule has 3 heterocycles. The van der Waals surface area contributed by atoms with E-state index in [1.807, 2.05) is 48.5 Å². The number of methoxy groups -OCH3 is 3. The highest BCUT2D eigenvalue weighted by Gasteiger charge is 2.19. The second-order valence-corrected chi connectivity index (χ2v) is 10.7. The Bertz CT molecular complexity index is 1770. The fraction of sp³-hybridized carbons (Fsp3) is 0.303. The molecular formula is C33H38N8O6. The number of nitrogens with one attached hydrogen (secondary N) is 2. The maximum absolute atomic E-state index is 10.7. The van der Waals surface area contributed by atoms with Gasteiger partial charge in [-0.2, -0.15) is 5.10 Å². The van der Waals surface area contributed by atoms with E-state index in [-0.39, 0.29) is 0 Å². The number of fused-ring (bicyclic) bond motifs is 1. The molecule has 1 aliphatic heterocycles. The van der Waals surface area contributed by atoms with Crippen LogP contribution in [-0.4, -0.2) is 96.9 Å². The molecule has 1 unspecified atom stereocenters. The Hall–Kier alpha value is -5.31. The number of nitrogens with two attached hydrogens (primary N) is 1. The van der Waals surface area contributed by atoms with Crippen LogP contribution in [0.25, 0.3) is 28.0 Å². The van der Waals surface area contributed by atoms with Crippen molar-refractivity contribution in [1.29, 1.82) is 0 Å². The first-order chi connectivity index (χ1) is 23.0. The molecule has 5 N–H and O–H groups in total. The van der Waals surface area contributed by atoms with E-state index < -0.39 is 6.35 Å². The van der Waals surface area contributed by atoms with Crippen LogP contribution in [0.2, 0.25) is 0 Å². The van der Waals surface area contributed by atoms with Gasteiger partial charge in [0.05, 0.1) is 45.6 Å². The van der Waals surface area contributed by atoms with Crippen LogP contribution in [0.4, 0.5) is 17.2 Å². The van der Waals surface area contributed by atoms with E-state index in [4.69, 9.17) is 34.5 Å². The fourth-order valence-electron chi connectivity index (χ4n) is 5.40. The Kier molecular flexibility index (Phi) is 9.71. The predicted octanol–water partition coefficient (Wildman–Crippen LogP) is 3.60. The number of anilines is 3. The average Bonchev–Trinajstić information content (AvgIpc) is 3.50. The number of benzene rings is 3. The molecule has 2 aromatic heterocycles. The third-order valence-electron chi connectivity index (χ3n) is 7.79. The van der Waals surface area contributed by atoms with Crippen LogP contribution in [0.5, 0.6) is 23.0 Å². The van der Waals surface area contributed by atoms with Crippen LogP contribution in [0.3, 0.4) is 0 Å². The van der Waals surface area contributed by atoms with Crippen LogP contribution < -0.4 is 35.3 Å². The predicted molar refractivity (Wildman–Crippen MR) is 179 cm³/mol. The molecule has 3 aromatic carbocycles. The van der Waals surface area contributed by atoms with Crippen molar-refractivity contribution < 1.29 is 28.8 Å². The SMILES string of the molecule is COc1cc(NC(O)Nc2ccc(-n3nc(-c4ccc(OCCN5CCOCC5)cc4)c4c(N)ncnc43)cc2)cc(OC)c1OC. The van der Waals surface area contributed by atoms with Gasteiger partial charge in [-0.3, -0.25) is 4.90 Å². The van der Waals surface area contributed by atoms with Crippen molar-refractivity contribution in [3.63, 3.8) is 0 Å². The number of hydrogen-bond acceptors (Lipinski definition) is 13. The lowest BCUT2D eigenvalue weighted by Gasteiger charge is -2.26. The molecule has 0 saturated carbocycles. The lowest BCUT2D eigenvalue weighted by molar-refractivity contribution is 0.0322. The highest BCUT2D eigenvalue weighted by atomic mass is 16.5. The lowest BCUT2D eigenvalue weighted by atomic mass is 10.1. The Labute approximate surface area is 272 Å². The Morgan fingerprint density at radius 1 is 0.894 bits per heavy atom. The number of hydrogen-bond donors (Lipinski definition) is 4. The molecule has 1 atom stereocenters. The number of aliphatic hydroxyl groups excluding tert-OH is 1. The minimum atomic E-state index is -1.13. The Morgan fingerprint density at radius 2 is 1.57 bits per heavy atom. The van der Waals surface area contributed by atoms with Crippen LogP contribution in [0, 0.1) is 0 Å². The monoisotopic (exact) mass is 642 g/mol. The molecule has 1 aliphatic rings. The number of nitrogens with zero attached hydrogens (tertiary/aromatic N) is 5. The van der Waals surface area contributed by atoms with Gasteiger partial charge in [-0.15, -0.1) is 0 Å². The first kappa shape index (κ1) is 31.7. The van der Waals surface area contributed by atoms with Gasteiger partial charge in [-0.1, -0.05) is 0 Å². The Morgan fingerprint density at radius 3 is 2.23 bits per heavy atom. The molecular weight excluding hydrogens is 604 g/mol. The summed E-state index contributed by atoms with van der Waals surface area (Å²) in [5.74, 6) is 2.50. The van der Waals surface area contributed by atoms with Crippen molar-refractivity contribution in [2.45, 2.75) is 6.35 Å². The van der Waals surface area contributed by atoms with Crippen molar-refractivity contribution in [3.8, 4) is 39.9 Å². The molecule has 246 valence electrons. The average molecular weight is 643 g/mol. The van der Waals surface area contributed by atoms with E-state index in [0.29, 0.717) is 57.8 Å². The molecule has 0 aliphatic carbocycles. The fourth-order valence-corrected chi connectivity index (χ4v) is 5.40. The minimum absolute atomic E-state index is 0.335. The summed E-state index contributed by atoms with van der Waals surface area (Å²) in [4.78, 5) is 11.1. The quantitative estimate of drug-likeness (QED) is 0.138. The summed E-state index contributed by atoms with van der Waals surface area (Å²) in [6, 6.07) is 18.6. The summed E-state index contributed by atoms with van der Waals surface area (Å²) >= 11 is 0. The molecule has 1 saturated heterocycles. The van der Waals surface area contributed by atoms with Gasteiger partial charge in [0.2, 0.25) is 12.1 Å². The van der Waals surface area contributed by atoms with Crippen LogP contribution in [0.15, 0.2) is 67.0 Å². The second-order valence-electron chi connectivity index (χ2n) is 10.7. The maximum Gasteiger partial charge on any atom is 0.203 e. The maximum atomic E-state index is 10.7. The van der Waals surface area contributed by atoms with Gasteiger partial charge in [0.1, 0.15) is 30.2 Å². The third-order valence-corrected chi connectivity index (χ3v) is 7.79. The van der Waals surface area contributed by atoms with E-state index >= 15 is 0 Å². The zero-order chi connectivity index (χ0) is 32.8. The zero-order valence-electron chi connectivity index (χ0n) is 26.5. The molecule has 14 heteroatoms. The molecule has 0 radical (unpaired) electrons. The number of rotatable bonds is 13. The largest absolute Gasteiger partial charge is 0.493 e. The van der Waals surface area contributed by atoms with E-state index in [1.54, 1.807) is 16.8 Å². The van der Waals surface area contributed by atoms with Crippen molar-refractivity contribution in [1.82, 2.24) is 24.6 Å². The van der Waals surface area contributed by atoms with E-state index in [0.717, 1.165) is 49.8 Å². The molecule has 5 aromatic rings. The van der Waals surface area contributed by atoms with E-state index in [2.05, 4.69) is 25.5 Å². The lowest BCUT2D eigenvalue weighted by Crippen LogP contribution is -2.38. The van der Waals surface area contributed by atoms with Crippen LogP contribution >= 0.6 is 0 Å². The second kappa shape index (κ2) is 14.4. The third kappa shape index (κ3) is 7.09. The van der Waals surface area contributed by atoms with Gasteiger partial charge >= 0.3 is 0 Å². The van der Waals surface area contributed by atoms with Gasteiger partial charge in [0.25, 0.3) is 0 Å². The highest BCUT2D eigenvalue weighted by Crippen LogP contribution is 2.40. The number of morpholine rings is 1. The topological polar surface area (TPSA) is 163 Å². The summed E-state index contributed by atoms with van der Waals surface area (Å²) in [5.41, 5.74) is 10.4. The van der Waals surface area contributed by atoms with Crippen molar-refractivity contribution in [2.24, 2.45) is 0 Å². The normalized spacial score (nSPS) is 14.0. The molecule has 1 fully saturated rings. The van der Waals surface area contributed by atoms with Crippen LogP contribution in [0.1, 0.15) is 0 Å². The van der Waals surface area contributed by atoms with Crippen LogP contribution in [-0.2, 0) is 4.74 Å². The van der Waals surface area contributed by atoms with Crippen molar-refractivity contribution in [3.05, 3.63) is 67.0 Å². The van der Waals surface area contributed by atoms with Crippen molar-refractivity contribution >= 4 is 28.2 Å². The molecule has 14 nitrogen and oxygen atoms in total. The first-order valence-electron chi connectivity index (χ1n) is 15.1. The summed E-state index contributed by atoms with van der Waals surface area (Å²) in [7, 11) is 4.60. The van der Waals surface area contributed by atoms with E-state index in [1.165, 1.54) is 27.7 Å². The highest BCUT2D eigenvalue weighted by molar-refractivity contribution is 5.99. The number of nitrogen functional groups attached to an aromatic ring is 1. The molecule has 47 heavy (non-hydrogen) atoms. The van der Waals surface area contributed by atoms with Gasteiger partial charge in [-0.25, -0.2) is 14.6 Å². The summed E-state index contributed by atoms with van der Waals surface area (Å²) < 4.78 is 29.3. The molecule has 6 rings (SSSR count). The van der Waals surface area contributed by atoms with Crippen molar-refractivity contribution in [2.75, 3.05) is 77.2 Å². The summed E-state index contributed by atoms with van der Waals surface area (Å²) in [6.45, 7) is 4.84. The van der Waals surface area contributed by atoms with Gasteiger partial charge in [-0.05, 0) is 48.5 Å². The van der Waals surface area contributed by atoms with Gasteiger partial charge in [0.15, 0.2) is 17.1 Å². The summed E-state index contributed by atoms with van der Waals surface area (Å²) in [6.07, 6.45) is 0.297. The zero-order valence-corrected chi connectivity index (χ0v) is 26.5. The molecule has 0 bridgehead atoms. The minimum Gasteiger partial charge on any atom is -0.493 e. The standard InChI is InChI=1S/C33H38N8O6/c1-43-26-18-23(19-27(44-2)30(26)45-3)38-33(42)37-22-6-8-24(9-7-22)41-32-28(31(34)35-20-36-32)29(39-41)21-4-10-25(11-5-21)47-17-14-40-12-15-46-16-13-40/h4-11,18-20,33,37-38,42H,12-17H2,1-3H3,(H2,34,35,36). The number of aliphatic hydroxyl groups is 1. The first-order valence-corrected chi connectivity index (χ1v) is 15.1.